The Bertz CT molecular complexity index is 916. The summed E-state index contributed by atoms with van der Waals surface area (Å²) in [6.07, 6.45) is 2.87. The molecule has 31 heavy (non-hydrogen) atoms. The van der Waals surface area contributed by atoms with E-state index in [-0.39, 0.29) is 12.4 Å². The standard InChI is InChI=1S/C25H29NO5/c1-2-29-22-8-9-23-24(17-22)31-18-20(25(23)27)16-19-4-6-21(7-5-19)30-13-3-10-26-11-14-28-15-12-26/h4-9,16-17H,2-3,10-15,18H2,1H3. The number of ketones is 1. The van der Waals surface area contributed by atoms with E-state index in [9.17, 15) is 4.79 Å². The molecule has 1 saturated heterocycles. The van der Waals surface area contributed by atoms with Gasteiger partial charge in [0, 0.05) is 31.3 Å². The number of Topliss-reactive ketones (excluding diaryl/α,β-unsaturated/α-hetero) is 1. The highest BCUT2D eigenvalue weighted by Crippen LogP contribution is 2.31. The van der Waals surface area contributed by atoms with Crippen molar-refractivity contribution in [3.05, 3.63) is 59.2 Å². The maximum absolute atomic E-state index is 12.8. The molecular weight excluding hydrogens is 394 g/mol. The highest BCUT2D eigenvalue weighted by molar-refractivity contribution is 6.14. The van der Waals surface area contributed by atoms with Crippen molar-refractivity contribution in [3.8, 4) is 17.2 Å². The van der Waals surface area contributed by atoms with Crippen LogP contribution >= 0.6 is 0 Å². The van der Waals surface area contributed by atoms with Gasteiger partial charge >= 0.3 is 0 Å². The first-order chi connectivity index (χ1) is 15.2. The number of carbonyl (C=O) groups excluding carboxylic acids is 1. The number of fused-ring (bicyclic) bond motifs is 1. The minimum Gasteiger partial charge on any atom is -0.494 e. The molecule has 2 aromatic rings. The lowest BCUT2D eigenvalue weighted by molar-refractivity contribution is 0.0358. The second-order valence-corrected chi connectivity index (χ2v) is 7.60. The lowest BCUT2D eigenvalue weighted by Gasteiger charge is -2.26. The van der Waals surface area contributed by atoms with Gasteiger partial charge in [0.2, 0.25) is 0 Å². The number of rotatable bonds is 8. The van der Waals surface area contributed by atoms with Gasteiger partial charge in [0.05, 0.1) is 32.0 Å². The maximum Gasteiger partial charge on any atom is 0.196 e. The summed E-state index contributed by atoms with van der Waals surface area (Å²) >= 11 is 0. The smallest absolute Gasteiger partial charge is 0.196 e. The van der Waals surface area contributed by atoms with E-state index < -0.39 is 0 Å². The van der Waals surface area contributed by atoms with Crippen LogP contribution in [0.5, 0.6) is 17.2 Å². The van der Waals surface area contributed by atoms with Gasteiger partial charge in [-0.25, -0.2) is 0 Å². The Kier molecular flexibility index (Phi) is 7.22. The Morgan fingerprint density at radius 2 is 1.81 bits per heavy atom. The molecule has 2 heterocycles. The molecule has 2 aromatic carbocycles. The van der Waals surface area contributed by atoms with Gasteiger partial charge in [0.25, 0.3) is 0 Å². The fourth-order valence-corrected chi connectivity index (χ4v) is 3.73. The summed E-state index contributed by atoms with van der Waals surface area (Å²) in [7, 11) is 0. The summed E-state index contributed by atoms with van der Waals surface area (Å²) in [6.45, 7) is 8.12. The zero-order valence-corrected chi connectivity index (χ0v) is 18.0. The number of benzene rings is 2. The van der Waals surface area contributed by atoms with E-state index in [4.69, 9.17) is 18.9 Å². The Morgan fingerprint density at radius 1 is 1.03 bits per heavy atom. The quantitative estimate of drug-likeness (QED) is 0.475. The summed E-state index contributed by atoms with van der Waals surface area (Å²) in [5, 5.41) is 0. The monoisotopic (exact) mass is 423 g/mol. The maximum atomic E-state index is 12.8. The summed E-state index contributed by atoms with van der Waals surface area (Å²) in [5.41, 5.74) is 2.15. The average Bonchev–Trinajstić information content (AvgIpc) is 2.80. The minimum atomic E-state index is -0.00672. The van der Waals surface area contributed by atoms with Gasteiger partial charge in [-0.15, -0.1) is 0 Å². The molecule has 4 rings (SSSR count). The molecule has 1 fully saturated rings. The highest BCUT2D eigenvalue weighted by atomic mass is 16.5. The molecule has 0 amide bonds. The van der Waals surface area contributed by atoms with E-state index in [1.807, 2.05) is 37.3 Å². The predicted octanol–water partition coefficient (Wildman–Crippen LogP) is 3.85. The Morgan fingerprint density at radius 3 is 2.58 bits per heavy atom. The van der Waals surface area contributed by atoms with Gasteiger partial charge in [-0.05, 0) is 49.2 Å². The van der Waals surface area contributed by atoms with E-state index in [0.717, 1.165) is 50.6 Å². The molecule has 0 aliphatic carbocycles. The first-order valence-corrected chi connectivity index (χ1v) is 10.9. The van der Waals surface area contributed by atoms with Crippen LogP contribution < -0.4 is 14.2 Å². The summed E-state index contributed by atoms with van der Waals surface area (Å²) in [6, 6.07) is 13.2. The Labute approximate surface area is 183 Å². The molecule has 2 aliphatic heterocycles. The zero-order chi connectivity index (χ0) is 21.5. The fourth-order valence-electron chi connectivity index (χ4n) is 3.73. The first-order valence-electron chi connectivity index (χ1n) is 10.9. The third-order valence-electron chi connectivity index (χ3n) is 5.40. The Hall–Kier alpha value is -2.83. The van der Waals surface area contributed by atoms with Crippen LogP contribution in [0.4, 0.5) is 0 Å². The second kappa shape index (κ2) is 10.5. The van der Waals surface area contributed by atoms with Crippen molar-refractivity contribution in [2.45, 2.75) is 13.3 Å². The van der Waals surface area contributed by atoms with Crippen LogP contribution in [0.3, 0.4) is 0 Å². The summed E-state index contributed by atoms with van der Waals surface area (Å²) in [5.74, 6) is 2.12. The fraction of sp³-hybridized carbons (Fsp3) is 0.400. The van der Waals surface area contributed by atoms with Gasteiger partial charge in [-0.2, -0.15) is 0 Å². The van der Waals surface area contributed by atoms with Gasteiger partial charge in [0.15, 0.2) is 5.78 Å². The van der Waals surface area contributed by atoms with Crippen LogP contribution in [0.1, 0.15) is 29.3 Å². The Balaban J connectivity index is 1.31. The summed E-state index contributed by atoms with van der Waals surface area (Å²) < 4.78 is 22.5. The van der Waals surface area contributed by atoms with E-state index in [1.165, 1.54) is 0 Å². The number of nitrogens with zero attached hydrogens (tertiary/aromatic N) is 1. The largest absolute Gasteiger partial charge is 0.494 e. The van der Waals surface area contributed by atoms with Crippen LogP contribution in [0.25, 0.3) is 6.08 Å². The van der Waals surface area contributed by atoms with E-state index in [0.29, 0.717) is 35.8 Å². The molecule has 0 bridgehead atoms. The van der Waals surface area contributed by atoms with Crippen LogP contribution in [0.15, 0.2) is 48.0 Å². The number of ether oxygens (including phenoxy) is 4. The molecular formula is C25H29NO5. The topological polar surface area (TPSA) is 57.2 Å². The van der Waals surface area contributed by atoms with Crippen molar-refractivity contribution in [2.75, 3.05) is 52.7 Å². The van der Waals surface area contributed by atoms with Gasteiger partial charge in [-0.3, -0.25) is 9.69 Å². The highest BCUT2D eigenvalue weighted by Gasteiger charge is 2.23. The normalized spacial score (nSPS) is 17.8. The lowest BCUT2D eigenvalue weighted by atomic mass is 9.98. The van der Waals surface area contributed by atoms with Crippen molar-refractivity contribution in [1.82, 2.24) is 4.90 Å². The minimum absolute atomic E-state index is 0.00672. The third kappa shape index (κ3) is 5.66. The molecule has 0 N–H and O–H groups in total. The number of carbonyl (C=O) groups is 1. The van der Waals surface area contributed by atoms with Crippen LogP contribution in [-0.2, 0) is 4.74 Å². The van der Waals surface area contributed by atoms with Gasteiger partial charge < -0.3 is 18.9 Å². The summed E-state index contributed by atoms with van der Waals surface area (Å²) in [4.78, 5) is 15.2. The van der Waals surface area contributed by atoms with Crippen molar-refractivity contribution >= 4 is 11.9 Å². The molecule has 2 aliphatic rings. The average molecular weight is 424 g/mol. The van der Waals surface area contributed by atoms with Crippen LogP contribution in [-0.4, -0.2) is 63.4 Å². The number of hydrogen-bond acceptors (Lipinski definition) is 6. The van der Waals surface area contributed by atoms with Crippen molar-refractivity contribution in [2.24, 2.45) is 0 Å². The van der Waals surface area contributed by atoms with Gasteiger partial charge in [-0.1, -0.05) is 12.1 Å². The molecule has 0 radical (unpaired) electrons. The van der Waals surface area contributed by atoms with E-state index in [2.05, 4.69) is 4.90 Å². The van der Waals surface area contributed by atoms with Gasteiger partial charge in [0.1, 0.15) is 23.9 Å². The predicted molar refractivity (Wildman–Crippen MR) is 119 cm³/mol. The number of morpholine rings is 1. The molecule has 164 valence electrons. The molecule has 0 saturated carbocycles. The zero-order valence-electron chi connectivity index (χ0n) is 18.0. The molecule has 0 unspecified atom stereocenters. The van der Waals surface area contributed by atoms with E-state index >= 15 is 0 Å². The number of hydrogen-bond donors (Lipinski definition) is 0. The van der Waals surface area contributed by atoms with E-state index in [1.54, 1.807) is 18.2 Å². The first kappa shape index (κ1) is 21.4. The molecule has 6 nitrogen and oxygen atoms in total. The molecule has 0 aromatic heterocycles. The van der Waals surface area contributed by atoms with Crippen LogP contribution in [0, 0.1) is 0 Å². The molecule has 0 spiro atoms. The van der Waals surface area contributed by atoms with Crippen molar-refractivity contribution in [3.63, 3.8) is 0 Å². The van der Waals surface area contributed by atoms with Crippen LogP contribution in [0.2, 0.25) is 0 Å². The second-order valence-electron chi connectivity index (χ2n) is 7.60. The van der Waals surface area contributed by atoms with Crippen molar-refractivity contribution in [1.29, 1.82) is 0 Å². The van der Waals surface area contributed by atoms with Crippen molar-refractivity contribution < 1.29 is 23.7 Å². The lowest BCUT2D eigenvalue weighted by Crippen LogP contribution is -2.37. The molecule has 6 heteroatoms. The molecule has 0 atom stereocenters. The SMILES string of the molecule is CCOc1ccc2c(c1)OCC(=Cc1ccc(OCCCN3CCOCC3)cc1)C2=O. The third-order valence-corrected chi connectivity index (χ3v) is 5.40.